The first-order valence-corrected chi connectivity index (χ1v) is 4.87. The summed E-state index contributed by atoms with van der Waals surface area (Å²) in [4.78, 5) is 14.5. The molecule has 0 radical (unpaired) electrons. The van der Waals surface area contributed by atoms with Crippen molar-refractivity contribution >= 4 is 5.97 Å². The lowest BCUT2D eigenvalue weighted by Crippen LogP contribution is -2.08. The van der Waals surface area contributed by atoms with Crippen LogP contribution in [0.4, 0.5) is 0 Å². The fourth-order valence-electron chi connectivity index (χ4n) is 1.10. The van der Waals surface area contributed by atoms with Gasteiger partial charge in [-0.25, -0.2) is 0 Å². The number of nitrogens with zero attached hydrogens (tertiary/aromatic N) is 1. The Labute approximate surface area is 88.9 Å². The minimum Gasteiger partial charge on any atom is -0.491 e. The highest BCUT2D eigenvalue weighted by atomic mass is 16.5. The van der Waals surface area contributed by atoms with Crippen LogP contribution < -0.4 is 4.74 Å². The van der Waals surface area contributed by atoms with E-state index in [1.165, 1.54) is 0 Å². The zero-order chi connectivity index (χ0) is 11.3. The summed E-state index contributed by atoms with van der Waals surface area (Å²) in [5.41, 5.74) is 0.665. The van der Waals surface area contributed by atoms with Crippen LogP contribution in [0, 0.1) is 5.92 Å². The number of hydrogen-bond acceptors (Lipinski definition) is 3. The van der Waals surface area contributed by atoms with Crippen molar-refractivity contribution in [3.05, 3.63) is 24.0 Å². The van der Waals surface area contributed by atoms with Crippen molar-refractivity contribution in [2.45, 2.75) is 20.3 Å². The van der Waals surface area contributed by atoms with Gasteiger partial charge in [-0.3, -0.25) is 9.78 Å². The number of carbonyl (C=O) groups is 1. The molecule has 0 fully saturated rings. The molecule has 0 aliphatic heterocycles. The van der Waals surface area contributed by atoms with Crippen molar-refractivity contribution in [2.24, 2.45) is 5.92 Å². The maximum atomic E-state index is 10.6. The number of hydrogen-bond donors (Lipinski definition) is 1. The van der Waals surface area contributed by atoms with Gasteiger partial charge in [-0.05, 0) is 12.0 Å². The van der Waals surface area contributed by atoms with Crippen LogP contribution in [0.1, 0.15) is 19.4 Å². The SMILES string of the molecule is CC(C)COc1cnccc1CC(=O)O. The van der Waals surface area contributed by atoms with E-state index in [0.717, 1.165) is 0 Å². The summed E-state index contributed by atoms with van der Waals surface area (Å²) in [5.74, 6) is 0.104. The summed E-state index contributed by atoms with van der Waals surface area (Å²) in [6.45, 7) is 4.64. The molecule has 0 unspecified atom stereocenters. The quantitative estimate of drug-likeness (QED) is 0.802. The third-order valence-corrected chi connectivity index (χ3v) is 1.78. The molecule has 0 bridgehead atoms. The predicted octanol–water partition coefficient (Wildman–Crippen LogP) is 1.74. The van der Waals surface area contributed by atoms with Gasteiger partial charge in [0.2, 0.25) is 0 Å². The fraction of sp³-hybridized carbons (Fsp3) is 0.455. The summed E-state index contributed by atoms with van der Waals surface area (Å²) in [5, 5.41) is 8.69. The van der Waals surface area contributed by atoms with Crippen LogP contribution in [0.3, 0.4) is 0 Å². The Morgan fingerprint density at radius 1 is 1.60 bits per heavy atom. The van der Waals surface area contributed by atoms with Gasteiger partial charge in [0.1, 0.15) is 5.75 Å². The molecule has 15 heavy (non-hydrogen) atoms. The third kappa shape index (κ3) is 3.97. The van der Waals surface area contributed by atoms with E-state index in [9.17, 15) is 4.79 Å². The molecule has 0 amide bonds. The Morgan fingerprint density at radius 2 is 2.33 bits per heavy atom. The minimum absolute atomic E-state index is 0.0318. The normalized spacial score (nSPS) is 10.3. The van der Waals surface area contributed by atoms with Crippen molar-refractivity contribution in [3.8, 4) is 5.75 Å². The van der Waals surface area contributed by atoms with E-state index in [1.54, 1.807) is 18.5 Å². The fourth-order valence-corrected chi connectivity index (χ4v) is 1.10. The van der Waals surface area contributed by atoms with E-state index in [1.807, 2.05) is 13.8 Å². The van der Waals surface area contributed by atoms with Crippen molar-refractivity contribution < 1.29 is 14.6 Å². The molecule has 82 valence electrons. The number of carboxylic acids is 1. The molecule has 0 saturated heterocycles. The second-order valence-corrected chi connectivity index (χ2v) is 3.76. The topological polar surface area (TPSA) is 59.4 Å². The molecule has 1 heterocycles. The Balaban J connectivity index is 2.72. The van der Waals surface area contributed by atoms with Crippen molar-refractivity contribution in [1.29, 1.82) is 0 Å². The van der Waals surface area contributed by atoms with E-state index < -0.39 is 5.97 Å². The summed E-state index contributed by atoms with van der Waals surface area (Å²) in [7, 11) is 0. The molecular formula is C11H15NO3. The molecule has 0 aliphatic rings. The van der Waals surface area contributed by atoms with E-state index in [0.29, 0.717) is 23.8 Å². The van der Waals surface area contributed by atoms with E-state index in [-0.39, 0.29) is 6.42 Å². The van der Waals surface area contributed by atoms with E-state index in [2.05, 4.69) is 4.98 Å². The van der Waals surface area contributed by atoms with Gasteiger partial charge in [0.05, 0.1) is 19.2 Å². The van der Waals surface area contributed by atoms with Gasteiger partial charge in [0, 0.05) is 11.8 Å². The standard InChI is InChI=1S/C11H15NO3/c1-8(2)7-15-10-6-12-4-3-9(10)5-11(13)14/h3-4,6,8H,5,7H2,1-2H3,(H,13,14). The average Bonchev–Trinajstić information content (AvgIpc) is 2.15. The van der Waals surface area contributed by atoms with Crippen molar-refractivity contribution in [2.75, 3.05) is 6.61 Å². The Bertz CT molecular complexity index is 336. The van der Waals surface area contributed by atoms with Crippen molar-refractivity contribution in [3.63, 3.8) is 0 Å². The average molecular weight is 209 g/mol. The smallest absolute Gasteiger partial charge is 0.307 e. The lowest BCUT2D eigenvalue weighted by Gasteiger charge is -2.11. The summed E-state index contributed by atoms with van der Waals surface area (Å²) in [6.07, 6.45) is 3.09. The van der Waals surface area contributed by atoms with Crippen LogP contribution in [0.2, 0.25) is 0 Å². The first-order valence-electron chi connectivity index (χ1n) is 4.87. The lowest BCUT2D eigenvalue weighted by molar-refractivity contribution is -0.136. The van der Waals surface area contributed by atoms with Crippen LogP contribution in [-0.2, 0) is 11.2 Å². The van der Waals surface area contributed by atoms with Crippen LogP contribution in [0.15, 0.2) is 18.5 Å². The minimum atomic E-state index is -0.865. The second kappa shape index (κ2) is 5.34. The number of aliphatic carboxylic acids is 1. The highest BCUT2D eigenvalue weighted by Gasteiger charge is 2.08. The summed E-state index contributed by atoms with van der Waals surface area (Å²) >= 11 is 0. The highest BCUT2D eigenvalue weighted by molar-refractivity contribution is 5.71. The van der Waals surface area contributed by atoms with Crippen LogP contribution in [-0.4, -0.2) is 22.7 Å². The van der Waals surface area contributed by atoms with Gasteiger partial charge < -0.3 is 9.84 Å². The molecule has 1 aromatic heterocycles. The van der Waals surface area contributed by atoms with Crippen LogP contribution in [0.25, 0.3) is 0 Å². The Morgan fingerprint density at radius 3 is 2.93 bits per heavy atom. The molecule has 0 spiro atoms. The molecule has 0 aromatic carbocycles. The van der Waals surface area contributed by atoms with Gasteiger partial charge in [0.15, 0.2) is 0 Å². The lowest BCUT2D eigenvalue weighted by atomic mass is 10.2. The zero-order valence-electron chi connectivity index (χ0n) is 8.93. The first-order chi connectivity index (χ1) is 7.09. The first kappa shape index (κ1) is 11.5. The van der Waals surface area contributed by atoms with Crippen molar-refractivity contribution in [1.82, 2.24) is 4.98 Å². The summed E-state index contributed by atoms with van der Waals surface area (Å²) < 4.78 is 5.47. The second-order valence-electron chi connectivity index (χ2n) is 3.76. The van der Waals surface area contributed by atoms with Gasteiger partial charge in [-0.2, -0.15) is 0 Å². The van der Waals surface area contributed by atoms with E-state index >= 15 is 0 Å². The largest absolute Gasteiger partial charge is 0.491 e. The van der Waals surface area contributed by atoms with Crippen LogP contribution >= 0.6 is 0 Å². The Hall–Kier alpha value is -1.58. The van der Waals surface area contributed by atoms with Gasteiger partial charge in [0.25, 0.3) is 0 Å². The maximum Gasteiger partial charge on any atom is 0.307 e. The van der Waals surface area contributed by atoms with Crippen LogP contribution in [0.5, 0.6) is 5.75 Å². The third-order valence-electron chi connectivity index (χ3n) is 1.78. The van der Waals surface area contributed by atoms with Gasteiger partial charge in [-0.1, -0.05) is 13.8 Å². The molecule has 0 saturated carbocycles. The molecule has 0 aliphatic carbocycles. The number of rotatable bonds is 5. The predicted molar refractivity (Wildman–Crippen MR) is 55.9 cm³/mol. The van der Waals surface area contributed by atoms with Gasteiger partial charge in [-0.15, -0.1) is 0 Å². The molecular weight excluding hydrogens is 194 g/mol. The van der Waals surface area contributed by atoms with E-state index in [4.69, 9.17) is 9.84 Å². The monoisotopic (exact) mass is 209 g/mol. The molecule has 0 atom stereocenters. The van der Waals surface area contributed by atoms with Gasteiger partial charge >= 0.3 is 5.97 Å². The molecule has 1 aromatic rings. The summed E-state index contributed by atoms with van der Waals surface area (Å²) in [6, 6.07) is 1.67. The molecule has 4 nitrogen and oxygen atoms in total. The maximum absolute atomic E-state index is 10.6. The zero-order valence-corrected chi connectivity index (χ0v) is 8.93. The highest BCUT2D eigenvalue weighted by Crippen LogP contribution is 2.17. The molecule has 1 rings (SSSR count). The molecule has 4 heteroatoms. The molecule has 1 N–H and O–H groups in total. The number of ether oxygens (including phenoxy) is 1. The number of aromatic nitrogens is 1. The number of carboxylic acid groups (broad SMARTS) is 1. The number of pyridine rings is 1. The Kier molecular flexibility index (Phi) is 4.09.